The number of hydrogen-bond donors (Lipinski definition) is 1. The summed E-state index contributed by atoms with van der Waals surface area (Å²) >= 11 is 12.2. The molecule has 3 aromatic rings. The van der Waals surface area contributed by atoms with Crippen LogP contribution in [0.25, 0.3) is 11.3 Å². The van der Waals surface area contributed by atoms with E-state index in [0.717, 1.165) is 43.0 Å². The standard InChI is InChI=1S/C25H26Cl2N4O/c1-3-17-16-28-24(18-4-9-22(26)23(27)14-18)15-21(17)25(32)29-19-5-7-20(8-6-19)31-12-10-30(2)11-13-31/h4-9,14-16H,3,10-13H2,1-2H3,(H,29,32). The minimum Gasteiger partial charge on any atom is -0.369 e. The van der Waals surface area contributed by atoms with E-state index in [1.54, 1.807) is 18.3 Å². The number of nitrogens with zero attached hydrogens (tertiary/aromatic N) is 3. The van der Waals surface area contributed by atoms with Crippen LogP contribution in [-0.4, -0.2) is 49.0 Å². The van der Waals surface area contributed by atoms with Gasteiger partial charge in [0.2, 0.25) is 0 Å². The van der Waals surface area contributed by atoms with Gasteiger partial charge >= 0.3 is 0 Å². The van der Waals surface area contributed by atoms with E-state index in [4.69, 9.17) is 23.2 Å². The van der Waals surface area contributed by atoms with Gasteiger partial charge in [0.1, 0.15) is 0 Å². The average Bonchev–Trinajstić information content (AvgIpc) is 2.81. The van der Waals surface area contributed by atoms with E-state index >= 15 is 0 Å². The lowest BCUT2D eigenvalue weighted by Crippen LogP contribution is -2.44. The fraction of sp³-hybridized carbons (Fsp3) is 0.280. The van der Waals surface area contributed by atoms with Crippen LogP contribution in [0.15, 0.2) is 54.7 Å². The van der Waals surface area contributed by atoms with Crippen LogP contribution in [0.5, 0.6) is 0 Å². The Morgan fingerprint density at radius 2 is 1.72 bits per heavy atom. The van der Waals surface area contributed by atoms with Gasteiger partial charge in [-0.3, -0.25) is 9.78 Å². The first kappa shape index (κ1) is 22.6. The first-order chi connectivity index (χ1) is 15.4. The van der Waals surface area contributed by atoms with E-state index in [-0.39, 0.29) is 5.91 Å². The highest BCUT2D eigenvalue weighted by Gasteiger charge is 2.16. The molecule has 166 valence electrons. The number of aromatic nitrogens is 1. The second-order valence-electron chi connectivity index (χ2n) is 8.00. The SMILES string of the molecule is CCc1cnc(-c2ccc(Cl)c(Cl)c2)cc1C(=O)Nc1ccc(N2CCN(C)CC2)cc1. The highest BCUT2D eigenvalue weighted by molar-refractivity contribution is 6.42. The smallest absolute Gasteiger partial charge is 0.256 e. The van der Waals surface area contributed by atoms with E-state index in [1.807, 2.05) is 31.2 Å². The van der Waals surface area contributed by atoms with Crippen LogP contribution in [0, 0.1) is 0 Å². The average molecular weight is 469 g/mol. The molecule has 32 heavy (non-hydrogen) atoms. The molecule has 0 unspecified atom stereocenters. The lowest BCUT2D eigenvalue weighted by Gasteiger charge is -2.34. The Bertz CT molecular complexity index is 1110. The van der Waals surface area contributed by atoms with Gasteiger partial charge in [-0.15, -0.1) is 0 Å². The summed E-state index contributed by atoms with van der Waals surface area (Å²) in [6, 6.07) is 15.2. The lowest BCUT2D eigenvalue weighted by atomic mass is 10.0. The number of rotatable bonds is 5. The zero-order valence-corrected chi connectivity index (χ0v) is 19.7. The summed E-state index contributed by atoms with van der Waals surface area (Å²) in [5.74, 6) is -0.155. The number of piperazine rings is 1. The molecule has 1 N–H and O–H groups in total. The summed E-state index contributed by atoms with van der Waals surface area (Å²) in [7, 11) is 2.15. The number of nitrogens with one attached hydrogen (secondary N) is 1. The molecule has 0 aliphatic carbocycles. The maximum atomic E-state index is 13.1. The van der Waals surface area contributed by atoms with Crippen molar-refractivity contribution in [1.29, 1.82) is 0 Å². The third-order valence-corrected chi connectivity index (χ3v) is 6.56. The Morgan fingerprint density at radius 3 is 2.38 bits per heavy atom. The second kappa shape index (κ2) is 9.90. The second-order valence-corrected chi connectivity index (χ2v) is 8.81. The summed E-state index contributed by atoms with van der Waals surface area (Å²) in [4.78, 5) is 22.3. The molecule has 1 amide bonds. The molecule has 2 heterocycles. The number of aryl methyl sites for hydroxylation is 1. The number of anilines is 2. The van der Waals surface area contributed by atoms with Crippen molar-refractivity contribution in [2.24, 2.45) is 0 Å². The monoisotopic (exact) mass is 468 g/mol. The van der Waals surface area contributed by atoms with Crippen molar-refractivity contribution in [3.05, 3.63) is 75.9 Å². The maximum absolute atomic E-state index is 13.1. The Labute approximate surface area is 199 Å². The van der Waals surface area contributed by atoms with Gasteiger partial charge in [0.05, 0.1) is 15.7 Å². The van der Waals surface area contributed by atoms with E-state index in [9.17, 15) is 4.79 Å². The van der Waals surface area contributed by atoms with Crippen LogP contribution >= 0.6 is 23.2 Å². The molecular formula is C25H26Cl2N4O. The molecule has 5 nitrogen and oxygen atoms in total. The minimum absolute atomic E-state index is 0.155. The highest BCUT2D eigenvalue weighted by atomic mass is 35.5. The van der Waals surface area contributed by atoms with Crippen molar-refractivity contribution in [3.63, 3.8) is 0 Å². The van der Waals surface area contributed by atoms with Crippen molar-refractivity contribution in [2.45, 2.75) is 13.3 Å². The molecule has 2 aromatic carbocycles. The maximum Gasteiger partial charge on any atom is 0.256 e. The number of amides is 1. The molecule has 7 heteroatoms. The largest absolute Gasteiger partial charge is 0.369 e. The summed E-state index contributed by atoms with van der Waals surface area (Å²) in [6.07, 6.45) is 2.46. The molecule has 1 aliphatic heterocycles. The zero-order valence-electron chi connectivity index (χ0n) is 18.2. The molecule has 1 fully saturated rings. The summed E-state index contributed by atoms with van der Waals surface area (Å²) in [6.45, 7) is 6.15. The Balaban J connectivity index is 1.52. The predicted molar refractivity (Wildman–Crippen MR) is 133 cm³/mol. The fourth-order valence-electron chi connectivity index (χ4n) is 3.81. The number of pyridine rings is 1. The van der Waals surface area contributed by atoms with Gasteiger partial charge in [0, 0.05) is 54.9 Å². The van der Waals surface area contributed by atoms with Crippen LogP contribution in [0.1, 0.15) is 22.8 Å². The van der Waals surface area contributed by atoms with Crippen LogP contribution in [0.2, 0.25) is 10.0 Å². The van der Waals surface area contributed by atoms with E-state index in [0.29, 0.717) is 27.7 Å². The van der Waals surface area contributed by atoms with Gasteiger partial charge in [-0.05, 0) is 61.5 Å². The zero-order chi connectivity index (χ0) is 22.7. The Kier molecular flexibility index (Phi) is 6.99. The van der Waals surface area contributed by atoms with Crippen molar-refractivity contribution < 1.29 is 4.79 Å². The summed E-state index contributed by atoms with van der Waals surface area (Å²) in [5.41, 5.74) is 4.93. The van der Waals surface area contributed by atoms with Gasteiger partial charge in [0.25, 0.3) is 5.91 Å². The van der Waals surface area contributed by atoms with Gasteiger partial charge in [0.15, 0.2) is 0 Å². The molecule has 1 aromatic heterocycles. The Hall–Kier alpha value is -2.60. The van der Waals surface area contributed by atoms with E-state index in [1.165, 1.54) is 5.69 Å². The van der Waals surface area contributed by atoms with Crippen molar-refractivity contribution in [3.8, 4) is 11.3 Å². The first-order valence-electron chi connectivity index (χ1n) is 10.7. The minimum atomic E-state index is -0.155. The van der Waals surface area contributed by atoms with Crippen LogP contribution < -0.4 is 10.2 Å². The molecule has 4 rings (SSSR count). The molecule has 0 radical (unpaired) electrons. The van der Waals surface area contributed by atoms with E-state index < -0.39 is 0 Å². The topological polar surface area (TPSA) is 48.5 Å². The van der Waals surface area contributed by atoms with Crippen LogP contribution in [0.4, 0.5) is 11.4 Å². The van der Waals surface area contributed by atoms with Crippen molar-refractivity contribution >= 4 is 40.5 Å². The Morgan fingerprint density at radius 1 is 1.00 bits per heavy atom. The predicted octanol–water partition coefficient (Wildman–Crippen LogP) is 5.62. The number of hydrogen-bond acceptors (Lipinski definition) is 4. The highest BCUT2D eigenvalue weighted by Crippen LogP contribution is 2.29. The molecule has 0 bridgehead atoms. The molecular weight excluding hydrogens is 443 g/mol. The first-order valence-corrected chi connectivity index (χ1v) is 11.5. The number of benzene rings is 2. The third-order valence-electron chi connectivity index (χ3n) is 5.82. The molecule has 1 saturated heterocycles. The molecule has 0 saturated carbocycles. The summed E-state index contributed by atoms with van der Waals surface area (Å²) < 4.78 is 0. The molecule has 0 spiro atoms. The van der Waals surface area contributed by atoms with Gasteiger partial charge in [-0.1, -0.05) is 36.2 Å². The fourth-order valence-corrected chi connectivity index (χ4v) is 4.11. The van der Waals surface area contributed by atoms with E-state index in [2.05, 4.69) is 39.3 Å². The quantitative estimate of drug-likeness (QED) is 0.527. The van der Waals surface area contributed by atoms with Crippen LogP contribution in [0.3, 0.4) is 0 Å². The van der Waals surface area contributed by atoms with Crippen molar-refractivity contribution in [2.75, 3.05) is 43.4 Å². The molecule has 1 aliphatic rings. The van der Waals surface area contributed by atoms with Gasteiger partial charge in [-0.25, -0.2) is 0 Å². The molecule has 0 atom stereocenters. The van der Waals surface area contributed by atoms with Gasteiger partial charge < -0.3 is 15.1 Å². The number of likely N-dealkylation sites (N-methyl/N-ethyl adjacent to an activating group) is 1. The normalized spacial score (nSPS) is 14.4. The van der Waals surface area contributed by atoms with Gasteiger partial charge in [-0.2, -0.15) is 0 Å². The number of halogens is 2. The number of carbonyl (C=O) groups excluding carboxylic acids is 1. The third kappa shape index (κ3) is 5.07. The lowest BCUT2D eigenvalue weighted by molar-refractivity contribution is 0.102. The van der Waals surface area contributed by atoms with Crippen LogP contribution in [-0.2, 0) is 6.42 Å². The summed E-state index contributed by atoms with van der Waals surface area (Å²) in [5, 5.41) is 3.97. The number of carbonyl (C=O) groups is 1. The van der Waals surface area contributed by atoms with Crippen molar-refractivity contribution in [1.82, 2.24) is 9.88 Å².